The fourth-order valence-electron chi connectivity index (χ4n) is 3.97. The molecule has 4 nitrogen and oxygen atoms in total. The monoisotopic (exact) mass is 359 g/mol. The Kier molecular flexibility index (Phi) is 4.25. The summed E-state index contributed by atoms with van der Waals surface area (Å²) in [6.45, 7) is 0. The van der Waals surface area contributed by atoms with Gasteiger partial charge in [0, 0.05) is 17.7 Å². The summed E-state index contributed by atoms with van der Waals surface area (Å²) in [4.78, 5) is 14.4. The normalized spacial score (nSPS) is 19.8. The molecule has 2 aromatic rings. The molecule has 0 radical (unpaired) electrons. The van der Waals surface area contributed by atoms with Gasteiger partial charge in [0.15, 0.2) is 5.78 Å². The fraction of sp³-hybridized carbons (Fsp3) is 0.182. The van der Waals surface area contributed by atoms with Crippen LogP contribution in [-0.2, 0) is 4.79 Å². The van der Waals surface area contributed by atoms with Gasteiger partial charge in [-0.25, -0.2) is 4.39 Å². The number of halogens is 1. The molecule has 1 aliphatic carbocycles. The molecular formula is C22H18FN3O. The topological polar surface area (TPSA) is 70.1 Å². The lowest BCUT2D eigenvalue weighted by molar-refractivity contribution is -0.116. The van der Waals surface area contributed by atoms with Gasteiger partial charge in [0.25, 0.3) is 0 Å². The van der Waals surface area contributed by atoms with Crippen LogP contribution >= 0.6 is 0 Å². The molecule has 0 saturated heterocycles. The van der Waals surface area contributed by atoms with E-state index in [2.05, 4.69) is 6.07 Å². The lowest BCUT2D eigenvalue weighted by Crippen LogP contribution is -2.39. The van der Waals surface area contributed by atoms with Crippen molar-refractivity contribution in [2.45, 2.75) is 25.2 Å². The summed E-state index contributed by atoms with van der Waals surface area (Å²) in [5, 5.41) is 9.86. The van der Waals surface area contributed by atoms with E-state index in [1.165, 1.54) is 6.07 Å². The van der Waals surface area contributed by atoms with E-state index in [0.717, 1.165) is 5.56 Å². The van der Waals surface area contributed by atoms with Crippen LogP contribution in [0.2, 0.25) is 0 Å². The predicted molar refractivity (Wildman–Crippen MR) is 101 cm³/mol. The van der Waals surface area contributed by atoms with Crippen LogP contribution in [0, 0.1) is 17.1 Å². The van der Waals surface area contributed by atoms with Crippen molar-refractivity contribution in [3.8, 4) is 6.07 Å². The molecule has 2 N–H and O–H groups in total. The number of allylic oxidation sites excluding steroid dienone is 3. The van der Waals surface area contributed by atoms with Gasteiger partial charge in [-0.05, 0) is 30.5 Å². The molecule has 0 unspecified atom stereocenters. The predicted octanol–water partition coefficient (Wildman–Crippen LogP) is 4.13. The van der Waals surface area contributed by atoms with Crippen molar-refractivity contribution in [3.05, 3.63) is 88.6 Å². The molecule has 2 aromatic carbocycles. The Morgan fingerprint density at radius 3 is 2.48 bits per heavy atom. The van der Waals surface area contributed by atoms with Crippen molar-refractivity contribution < 1.29 is 9.18 Å². The molecule has 0 spiro atoms. The number of nitriles is 1. The highest BCUT2D eigenvalue weighted by Gasteiger charge is 2.40. The number of anilines is 1. The number of carbonyl (C=O) groups is 1. The van der Waals surface area contributed by atoms with E-state index < -0.39 is 11.7 Å². The van der Waals surface area contributed by atoms with Crippen molar-refractivity contribution in [1.29, 1.82) is 5.26 Å². The number of hydrogen-bond donors (Lipinski definition) is 1. The minimum atomic E-state index is -0.512. The smallest absolute Gasteiger partial charge is 0.161 e. The summed E-state index contributed by atoms with van der Waals surface area (Å²) in [6, 6.07) is 17.9. The third kappa shape index (κ3) is 2.70. The standard InChI is InChI=1S/C22H18FN3O/c23-16-9-4-5-10-17(16)26-18-11-6-12-19(27)21(18)20(15(13-24)22(26)25)14-7-2-1-3-8-14/h1-5,7-10,20H,6,11-12,25H2/t20-/m1/s1. The molecule has 0 amide bonds. The minimum absolute atomic E-state index is 0.00769. The highest BCUT2D eigenvalue weighted by atomic mass is 19.1. The summed E-state index contributed by atoms with van der Waals surface area (Å²) in [5.41, 5.74) is 9.02. The molecule has 27 heavy (non-hydrogen) atoms. The summed E-state index contributed by atoms with van der Waals surface area (Å²) in [5.74, 6) is -0.778. The van der Waals surface area contributed by atoms with Crippen molar-refractivity contribution in [1.82, 2.24) is 0 Å². The van der Waals surface area contributed by atoms with E-state index in [1.807, 2.05) is 30.3 Å². The quantitative estimate of drug-likeness (QED) is 0.875. The van der Waals surface area contributed by atoms with Gasteiger partial charge < -0.3 is 5.73 Å². The summed E-state index contributed by atoms with van der Waals surface area (Å²) in [6.07, 6.45) is 1.71. The second-order valence-electron chi connectivity index (χ2n) is 6.68. The van der Waals surface area contributed by atoms with E-state index in [0.29, 0.717) is 30.5 Å². The molecule has 0 saturated carbocycles. The van der Waals surface area contributed by atoms with Crippen LogP contribution in [0.3, 0.4) is 0 Å². The number of benzene rings is 2. The summed E-state index contributed by atoms with van der Waals surface area (Å²) in [7, 11) is 0. The number of nitrogens with zero attached hydrogens (tertiary/aromatic N) is 2. The molecule has 0 bridgehead atoms. The maximum Gasteiger partial charge on any atom is 0.161 e. The van der Waals surface area contributed by atoms with Gasteiger partial charge in [0.1, 0.15) is 11.6 Å². The van der Waals surface area contributed by atoms with E-state index in [1.54, 1.807) is 23.1 Å². The first kappa shape index (κ1) is 17.0. The number of nitrogens with two attached hydrogens (primary N) is 1. The zero-order chi connectivity index (χ0) is 19.0. The van der Waals surface area contributed by atoms with Crippen LogP contribution in [0.5, 0.6) is 0 Å². The number of para-hydroxylation sites is 1. The van der Waals surface area contributed by atoms with Gasteiger partial charge in [-0.3, -0.25) is 9.69 Å². The van der Waals surface area contributed by atoms with E-state index >= 15 is 0 Å². The molecule has 1 aliphatic heterocycles. The van der Waals surface area contributed by atoms with E-state index in [9.17, 15) is 14.4 Å². The summed E-state index contributed by atoms with van der Waals surface area (Å²) >= 11 is 0. The number of hydrogen-bond acceptors (Lipinski definition) is 4. The molecule has 0 aromatic heterocycles. The van der Waals surface area contributed by atoms with Crippen LogP contribution in [0.25, 0.3) is 0 Å². The zero-order valence-corrected chi connectivity index (χ0v) is 14.7. The largest absolute Gasteiger partial charge is 0.384 e. The number of rotatable bonds is 2. The van der Waals surface area contributed by atoms with Crippen LogP contribution in [0.4, 0.5) is 10.1 Å². The van der Waals surface area contributed by atoms with Gasteiger partial charge in [0.2, 0.25) is 0 Å². The van der Waals surface area contributed by atoms with Gasteiger partial charge >= 0.3 is 0 Å². The molecule has 134 valence electrons. The molecule has 5 heteroatoms. The van der Waals surface area contributed by atoms with Gasteiger partial charge in [-0.15, -0.1) is 0 Å². The van der Waals surface area contributed by atoms with Crippen molar-refractivity contribution in [2.75, 3.05) is 4.90 Å². The third-order valence-corrected chi connectivity index (χ3v) is 5.14. The van der Waals surface area contributed by atoms with Gasteiger partial charge in [-0.2, -0.15) is 5.26 Å². The van der Waals surface area contributed by atoms with Crippen molar-refractivity contribution in [2.24, 2.45) is 5.73 Å². The molecule has 4 rings (SSSR count). The third-order valence-electron chi connectivity index (χ3n) is 5.14. The van der Waals surface area contributed by atoms with Crippen LogP contribution in [-0.4, -0.2) is 5.78 Å². The van der Waals surface area contributed by atoms with Crippen LogP contribution in [0.1, 0.15) is 30.7 Å². The zero-order valence-electron chi connectivity index (χ0n) is 14.7. The number of Topliss-reactive ketones (excluding diaryl/α,β-unsaturated/α-hetero) is 1. The first-order valence-electron chi connectivity index (χ1n) is 8.89. The average molecular weight is 359 g/mol. The number of ketones is 1. The van der Waals surface area contributed by atoms with E-state index in [4.69, 9.17) is 5.73 Å². The molecule has 1 heterocycles. The Morgan fingerprint density at radius 2 is 1.78 bits per heavy atom. The lowest BCUT2D eigenvalue weighted by Gasteiger charge is -2.39. The summed E-state index contributed by atoms with van der Waals surface area (Å²) < 4.78 is 14.5. The van der Waals surface area contributed by atoms with Gasteiger partial charge in [-0.1, -0.05) is 42.5 Å². The second kappa shape index (κ2) is 6.73. The SMILES string of the molecule is N#CC1=C(N)N(c2ccccc2F)C2=C(C(=O)CCC2)[C@@H]1c1ccccc1. The fourth-order valence-corrected chi connectivity index (χ4v) is 3.97. The highest BCUT2D eigenvalue weighted by Crippen LogP contribution is 2.46. The van der Waals surface area contributed by atoms with Crippen LogP contribution in [0.15, 0.2) is 77.3 Å². The molecule has 1 atom stereocenters. The van der Waals surface area contributed by atoms with E-state index in [-0.39, 0.29) is 22.9 Å². The molecular weight excluding hydrogens is 341 g/mol. The Balaban J connectivity index is 2.00. The Bertz CT molecular complexity index is 1020. The Labute approximate surface area is 157 Å². The first-order chi connectivity index (χ1) is 13.1. The lowest BCUT2D eigenvalue weighted by atomic mass is 9.75. The minimum Gasteiger partial charge on any atom is -0.384 e. The first-order valence-corrected chi connectivity index (χ1v) is 8.89. The Morgan fingerprint density at radius 1 is 1.07 bits per heavy atom. The molecule has 2 aliphatic rings. The molecule has 0 fully saturated rings. The number of carbonyl (C=O) groups excluding carboxylic acids is 1. The second-order valence-corrected chi connectivity index (χ2v) is 6.68. The van der Waals surface area contributed by atoms with Crippen molar-refractivity contribution in [3.63, 3.8) is 0 Å². The Hall–Kier alpha value is -3.39. The maximum absolute atomic E-state index is 14.5. The van der Waals surface area contributed by atoms with Crippen molar-refractivity contribution >= 4 is 11.5 Å². The average Bonchev–Trinajstić information content (AvgIpc) is 2.69. The van der Waals surface area contributed by atoms with Crippen LogP contribution < -0.4 is 10.6 Å². The highest BCUT2D eigenvalue weighted by molar-refractivity contribution is 6.01. The van der Waals surface area contributed by atoms with Gasteiger partial charge in [0.05, 0.1) is 23.2 Å². The maximum atomic E-state index is 14.5.